The van der Waals surface area contributed by atoms with Gasteiger partial charge < -0.3 is 10.1 Å². The molecule has 0 aliphatic carbocycles. The third-order valence-electron chi connectivity index (χ3n) is 1.91. The monoisotopic (exact) mass is 205 g/mol. The van der Waals surface area contributed by atoms with E-state index in [9.17, 15) is 4.79 Å². The molecule has 1 heterocycles. The fourth-order valence-electron chi connectivity index (χ4n) is 1.26. The summed E-state index contributed by atoms with van der Waals surface area (Å²) >= 11 is 0. The van der Waals surface area contributed by atoms with E-state index in [-0.39, 0.29) is 24.4 Å². The molecule has 0 aromatic heterocycles. The highest BCUT2D eigenvalue weighted by atomic mass is 35.5. The normalized spacial score (nSPS) is 21.4. The maximum Gasteiger partial charge on any atom is 0.323 e. The van der Waals surface area contributed by atoms with Crippen molar-refractivity contribution in [3.05, 3.63) is 11.6 Å². The molecular weight excluding hydrogens is 190 g/mol. The van der Waals surface area contributed by atoms with E-state index in [1.54, 1.807) is 0 Å². The number of hydrogen-bond acceptors (Lipinski definition) is 3. The van der Waals surface area contributed by atoms with Crippen LogP contribution in [-0.2, 0) is 9.53 Å². The summed E-state index contributed by atoms with van der Waals surface area (Å²) in [4.78, 5) is 11.2. The number of esters is 1. The first-order valence-corrected chi connectivity index (χ1v) is 4.29. The van der Waals surface area contributed by atoms with Gasteiger partial charge in [0, 0.05) is 6.54 Å². The Bertz CT molecular complexity index is 204. The average Bonchev–Trinajstić information content (AvgIpc) is 2.05. The van der Waals surface area contributed by atoms with Crippen LogP contribution in [0.3, 0.4) is 0 Å². The van der Waals surface area contributed by atoms with Crippen molar-refractivity contribution in [2.45, 2.75) is 26.3 Å². The van der Waals surface area contributed by atoms with Crippen LogP contribution in [0.5, 0.6) is 0 Å². The molecule has 3 nitrogen and oxygen atoms in total. The maximum atomic E-state index is 11.2. The number of halogens is 1. The molecule has 76 valence electrons. The highest BCUT2D eigenvalue weighted by molar-refractivity contribution is 5.85. The molecule has 0 aromatic rings. The van der Waals surface area contributed by atoms with Crippen LogP contribution in [0.4, 0.5) is 0 Å². The van der Waals surface area contributed by atoms with Crippen LogP contribution >= 0.6 is 12.4 Å². The molecule has 0 aromatic carbocycles. The molecule has 1 atom stereocenters. The molecule has 1 aliphatic rings. The third kappa shape index (κ3) is 3.79. The lowest BCUT2D eigenvalue weighted by molar-refractivity contribution is -0.145. The van der Waals surface area contributed by atoms with Crippen molar-refractivity contribution >= 4 is 18.4 Å². The van der Waals surface area contributed by atoms with E-state index < -0.39 is 0 Å². The summed E-state index contributed by atoms with van der Waals surface area (Å²) in [5.74, 6) is -0.134. The van der Waals surface area contributed by atoms with Crippen molar-refractivity contribution in [3.8, 4) is 0 Å². The minimum Gasteiger partial charge on any atom is -0.465 e. The topological polar surface area (TPSA) is 38.3 Å². The summed E-state index contributed by atoms with van der Waals surface area (Å²) < 4.78 is 4.90. The van der Waals surface area contributed by atoms with Gasteiger partial charge in [0.05, 0.1) is 6.61 Å². The molecule has 0 amide bonds. The zero-order valence-corrected chi connectivity index (χ0v) is 8.82. The minimum atomic E-state index is -0.134. The second-order valence-corrected chi connectivity index (χ2v) is 2.97. The fourth-order valence-corrected chi connectivity index (χ4v) is 1.26. The Morgan fingerprint density at radius 3 is 3.00 bits per heavy atom. The van der Waals surface area contributed by atoms with Gasteiger partial charge in [0.25, 0.3) is 0 Å². The van der Waals surface area contributed by atoms with E-state index in [4.69, 9.17) is 4.74 Å². The number of nitrogens with one attached hydrogen (secondary N) is 1. The van der Waals surface area contributed by atoms with Crippen molar-refractivity contribution in [2.75, 3.05) is 13.2 Å². The van der Waals surface area contributed by atoms with E-state index in [1.165, 1.54) is 5.57 Å². The number of carbonyl (C=O) groups is 1. The summed E-state index contributed by atoms with van der Waals surface area (Å²) in [6, 6.07) is -0.130. The summed E-state index contributed by atoms with van der Waals surface area (Å²) in [6.07, 6.45) is 2.87. The second-order valence-electron chi connectivity index (χ2n) is 2.97. The van der Waals surface area contributed by atoms with Crippen molar-refractivity contribution in [1.29, 1.82) is 0 Å². The SMILES string of the molecule is CCOC(=O)[C@H]1CC(C)=CCN1.Cl. The molecule has 0 saturated carbocycles. The summed E-state index contributed by atoms with van der Waals surface area (Å²) in [6.45, 7) is 5.09. The molecule has 1 aliphatic heterocycles. The minimum absolute atomic E-state index is 0. The standard InChI is InChI=1S/C9H15NO2.ClH/c1-3-12-9(11)8-6-7(2)4-5-10-8;/h4,8,10H,3,5-6H2,1-2H3;1H/t8-;/m1./s1. The lowest BCUT2D eigenvalue weighted by atomic mass is 10.0. The largest absolute Gasteiger partial charge is 0.465 e. The lowest BCUT2D eigenvalue weighted by Crippen LogP contribution is -2.40. The quantitative estimate of drug-likeness (QED) is 0.545. The highest BCUT2D eigenvalue weighted by Gasteiger charge is 2.21. The van der Waals surface area contributed by atoms with Crippen molar-refractivity contribution in [3.63, 3.8) is 0 Å². The first-order valence-electron chi connectivity index (χ1n) is 4.29. The average molecular weight is 206 g/mol. The van der Waals surface area contributed by atoms with E-state index in [0.717, 1.165) is 13.0 Å². The molecule has 0 spiro atoms. The second kappa shape index (κ2) is 6.00. The van der Waals surface area contributed by atoms with Gasteiger partial charge in [-0.2, -0.15) is 0 Å². The van der Waals surface area contributed by atoms with E-state index in [2.05, 4.69) is 11.4 Å². The molecule has 1 rings (SSSR count). The predicted octanol–water partition coefficient (Wildman–Crippen LogP) is 1.28. The van der Waals surface area contributed by atoms with Crippen LogP contribution in [-0.4, -0.2) is 25.2 Å². The van der Waals surface area contributed by atoms with Crippen LogP contribution in [0.1, 0.15) is 20.3 Å². The number of rotatable bonds is 2. The highest BCUT2D eigenvalue weighted by Crippen LogP contribution is 2.09. The maximum absolute atomic E-state index is 11.2. The molecule has 0 fully saturated rings. The zero-order valence-electron chi connectivity index (χ0n) is 8.00. The van der Waals surface area contributed by atoms with Crippen LogP contribution in [0.15, 0.2) is 11.6 Å². The van der Waals surface area contributed by atoms with Crippen LogP contribution in [0.25, 0.3) is 0 Å². The first kappa shape index (κ1) is 12.5. The molecule has 1 N–H and O–H groups in total. The van der Waals surface area contributed by atoms with E-state index >= 15 is 0 Å². The van der Waals surface area contributed by atoms with Crippen molar-refractivity contribution in [2.24, 2.45) is 0 Å². The number of carbonyl (C=O) groups excluding carboxylic acids is 1. The summed E-state index contributed by atoms with van der Waals surface area (Å²) in [7, 11) is 0. The smallest absolute Gasteiger partial charge is 0.323 e. The number of ether oxygens (including phenoxy) is 1. The molecule has 0 bridgehead atoms. The molecule has 0 radical (unpaired) electrons. The third-order valence-corrected chi connectivity index (χ3v) is 1.91. The first-order chi connectivity index (χ1) is 5.74. The van der Waals surface area contributed by atoms with Crippen LogP contribution < -0.4 is 5.32 Å². The zero-order chi connectivity index (χ0) is 8.97. The van der Waals surface area contributed by atoms with Gasteiger partial charge in [-0.1, -0.05) is 11.6 Å². The predicted molar refractivity (Wildman–Crippen MR) is 54.0 cm³/mol. The van der Waals surface area contributed by atoms with Crippen molar-refractivity contribution < 1.29 is 9.53 Å². The molecule has 13 heavy (non-hydrogen) atoms. The van der Waals surface area contributed by atoms with Gasteiger partial charge in [-0.3, -0.25) is 4.79 Å². The van der Waals surface area contributed by atoms with E-state index in [1.807, 2.05) is 13.8 Å². The Hall–Kier alpha value is -0.540. The molecule has 0 unspecified atom stereocenters. The van der Waals surface area contributed by atoms with Gasteiger partial charge in [0.2, 0.25) is 0 Å². The van der Waals surface area contributed by atoms with Gasteiger partial charge in [0.15, 0.2) is 0 Å². The summed E-state index contributed by atoms with van der Waals surface area (Å²) in [5.41, 5.74) is 1.26. The van der Waals surface area contributed by atoms with Crippen LogP contribution in [0.2, 0.25) is 0 Å². The molecule has 0 saturated heterocycles. The Balaban J connectivity index is 0.00000144. The van der Waals surface area contributed by atoms with Crippen LogP contribution in [0, 0.1) is 0 Å². The summed E-state index contributed by atoms with van der Waals surface area (Å²) in [5, 5.41) is 3.08. The molecular formula is C9H16ClNO2. The molecule has 4 heteroatoms. The Morgan fingerprint density at radius 2 is 2.46 bits per heavy atom. The Kier molecular flexibility index (Phi) is 5.75. The fraction of sp³-hybridized carbons (Fsp3) is 0.667. The van der Waals surface area contributed by atoms with Gasteiger partial charge >= 0.3 is 5.97 Å². The van der Waals surface area contributed by atoms with Gasteiger partial charge in [-0.25, -0.2) is 0 Å². The number of hydrogen-bond donors (Lipinski definition) is 1. The van der Waals surface area contributed by atoms with Gasteiger partial charge in [-0.05, 0) is 20.3 Å². The van der Waals surface area contributed by atoms with Crippen molar-refractivity contribution in [1.82, 2.24) is 5.32 Å². The van der Waals surface area contributed by atoms with E-state index in [0.29, 0.717) is 6.61 Å². The Morgan fingerprint density at radius 1 is 1.77 bits per heavy atom. The van der Waals surface area contributed by atoms with Gasteiger partial charge in [0.1, 0.15) is 6.04 Å². The lowest BCUT2D eigenvalue weighted by Gasteiger charge is -2.20. The Labute approximate surface area is 84.9 Å². The van der Waals surface area contributed by atoms with Gasteiger partial charge in [-0.15, -0.1) is 12.4 Å².